The molecule has 0 aliphatic heterocycles. The zero-order valence-electron chi connectivity index (χ0n) is 19.8. The molecule has 0 bridgehead atoms. The molecule has 3 amide bonds. The Labute approximate surface area is 189 Å². The summed E-state index contributed by atoms with van der Waals surface area (Å²) in [6.45, 7) is 4.96. The number of anilines is 1. The standard InChI is InChI=1S/C23H34N4O5/c1-17(2)27(23(29)24-18-12-20(31-5)14-21(13-18)32-6)16-22(28)26(10-11-30-4)15-19-8-7-9-25(19)3/h7-9,12-14,17H,10-11,15-16H2,1-6H3,(H,24,29). The first-order valence-corrected chi connectivity index (χ1v) is 10.5. The lowest BCUT2D eigenvalue weighted by atomic mass is 10.2. The fourth-order valence-corrected chi connectivity index (χ4v) is 3.16. The summed E-state index contributed by atoms with van der Waals surface area (Å²) >= 11 is 0. The molecular formula is C23H34N4O5. The first-order chi connectivity index (χ1) is 15.3. The van der Waals surface area contributed by atoms with E-state index in [1.807, 2.05) is 43.8 Å². The summed E-state index contributed by atoms with van der Waals surface area (Å²) < 4.78 is 17.7. The normalized spacial score (nSPS) is 10.7. The van der Waals surface area contributed by atoms with Crippen molar-refractivity contribution in [1.82, 2.24) is 14.4 Å². The van der Waals surface area contributed by atoms with Gasteiger partial charge in [0.2, 0.25) is 5.91 Å². The van der Waals surface area contributed by atoms with E-state index in [9.17, 15) is 9.59 Å². The van der Waals surface area contributed by atoms with Crippen LogP contribution in [0.4, 0.5) is 10.5 Å². The van der Waals surface area contributed by atoms with Gasteiger partial charge >= 0.3 is 6.03 Å². The maximum absolute atomic E-state index is 13.2. The van der Waals surface area contributed by atoms with Crippen LogP contribution in [0.5, 0.6) is 11.5 Å². The van der Waals surface area contributed by atoms with Crippen LogP contribution in [0.2, 0.25) is 0 Å². The Bertz CT molecular complexity index is 874. The molecule has 2 aromatic rings. The molecule has 1 aromatic heterocycles. The van der Waals surface area contributed by atoms with Crippen LogP contribution in [0.25, 0.3) is 0 Å². The summed E-state index contributed by atoms with van der Waals surface area (Å²) in [5.41, 5.74) is 1.52. The maximum atomic E-state index is 13.2. The summed E-state index contributed by atoms with van der Waals surface area (Å²) in [5.74, 6) is 0.954. The lowest BCUT2D eigenvalue weighted by Crippen LogP contribution is -2.48. The average Bonchev–Trinajstić information content (AvgIpc) is 3.18. The zero-order chi connectivity index (χ0) is 23.7. The van der Waals surface area contributed by atoms with Crippen molar-refractivity contribution in [3.05, 3.63) is 42.2 Å². The molecule has 0 atom stereocenters. The third kappa shape index (κ3) is 6.91. The van der Waals surface area contributed by atoms with E-state index >= 15 is 0 Å². The van der Waals surface area contributed by atoms with Crippen molar-refractivity contribution < 1.29 is 23.8 Å². The quantitative estimate of drug-likeness (QED) is 0.574. The number of nitrogens with zero attached hydrogens (tertiary/aromatic N) is 3. The summed E-state index contributed by atoms with van der Waals surface area (Å²) in [7, 11) is 6.62. The number of aromatic nitrogens is 1. The number of rotatable bonds is 11. The second-order valence-electron chi connectivity index (χ2n) is 7.67. The van der Waals surface area contributed by atoms with E-state index in [4.69, 9.17) is 14.2 Å². The van der Waals surface area contributed by atoms with Crippen molar-refractivity contribution >= 4 is 17.6 Å². The Kier molecular flexibility index (Phi) is 9.39. The third-order valence-electron chi connectivity index (χ3n) is 5.11. The van der Waals surface area contributed by atoms with Crippen LogP contribution in [0.15, 0.2) is 36.5 Å². The van der Waals surface area contributed by atoms with Crippen molar-refractivity contribution in [3.8, 4) is 11.5 Å². The van der Waals surface area contributed by atoms with E-state index < -0.39 is 0 Å². The highest BCUT2D eigenvalue weighted by molar-refractivity contribution is 5.93. The summed E-state index contributed by atoms with van der Waals surface area (Å²) in [6.07, 6.45) is 1.94. The molecule has 1 N–H and O–H groups in total. The highest BCUT2D eigenvalue weighted by Crippen LogP contribution is 2.26. The summed E-state index contributed by atoms with van der Waals surface area (Å²) in [5, 5.41) is 2.84. The third-order valence-corrected chi connectivity index (χ3v) is 5.11. The Balaban J connectivity index is 2.15. The van der Waals surface area contributed by atoms with Gasteiger partial charge in [0.05, 0.1) is 27.4 Å². The lowest BCUT2D eigenvalue weighted by molar-refractivity contribution is -0.133. The smallest absolute Gasteiger partial charge is 0.322 e. The maximum Gasteiger partial charge on any atom is 0.322 e. The van der Waals surface area contributed by atoms with Gasteiger partial charge in [-0.3, -0.25) is 4.79 Å². The average molecular weight is 447 g/mol. The predicted molar refractivity (Wildman–Crippen MR) is 123 cm³/mol. The van der Waals surface area contributed by atoms with Crippen LogP contribution in [0, 0.1) is 0 Å². The second-order valence-corrected chi connectivity index (χ2v) is 7.67. The molecule has 0 unspecified atom stereocenters. The van der Waals surface area contributed by atoms with Gasteiger partial charge in [0, 0.05) is 62.5 Å². The number of amides is 3. The van der Waals surface area contributed by atoms with Gasteiger partial charge in [-0.25, -0.2) is 4.79 Å². The fourth-order valence-electron chi connectivity index (χ4n) is 3.16. The molecule has 9 nitrogen and oxygen atoms in total. The summed E-state index contributed by atoms with van der Waals surface area (Å²) in [6, 6.07) is 8.44. The lowest BCUT2D eigenvalue weighted by Gasteiger charge is -2.30. The number of urea groups is 1. The van der Waals surface area contributed by atoms with E-state index in [2.05, 4.69) is 5.32 Å². The number of benzene rings is 1. The number of ether oxygens (including phenoxy) is 3. The van der Waals surface area contributed by atoms with Crippen LogP contribution in [-0.4, -0.2) is 73.4 Å². The molecule has 0 saturated heterocycles. The number of hydrogen-bond donors (Lipinski definition) is 1. The Morgan fingerprint density at radius 2 is 1.75 bits per heavy atom. The van der Waals surface area contributed by atoms with E-state index in [0.717, 1.165) is 5.69 Å². The Morgan fingerprint density at radius 1 is 1.09 bits per heavy atom. The van der Waals surface area contributed by atoms with Crippen molar-refractivity contribution in [2.24, 2.45) is 7.05 Å². The fraction of sp³-hybridized carbons (Fsp3) is 0.478. The molecule has 0 aliphatic rings. The summed E-state index contributed by atoms with van der Waals surface area (Å²) in [4.78, 5) is 29.4. The molecule has 32 heavy (non-hydrogen) atoms. The number of aryl methyl sites for hydroxylation is 1. The minimum atomic E-state index is -0.380. The van der Waals surface area contributed by atoms with Gasteiger partial charge in [0.1, 0.15) is 18.0 Å². The van der Waals surface area contributed by atoms with Gasteiger partial charge in [0.25, 0.3) is 0 Å². The van der Waals surface area contributed by atoms with Crippen molar-refractivity contribution in [2.45, 2.75) is 26.4 Å². The monoisotopic (exact) mass is 446 g/mol. The van der Waals surface area contributed by atoms with Crippen LogP contribution in [0.1, 0.15) is 19.5 Å². The van der Waals surface area contributed by atoms with Crippen molar-refractivity contribution in [3.63, 3.8) is 0 Å². The highest BCUT2D eigenvalue weighted by atomic mass is 16.5. The van der Waals surface area contributed by atoms with E-state index in [-0.39, 0.29) is 24.5 Å². The largest absolute Gasteiger partial charge is 0.497 e. The zero-order valence-corrected chi connectivity index (χ0v) is 19.8. The topological polar surface area (TPSA) is 85.3 Å². The van der Waals surface area contributed by atoms with Gasteiger partial charge in [-0.2, -0.15) is 0 Å². The molecular weight excluding hydrogens is 412 g/mol. The van der Waals surface area contributed by atoms with Crippen LogP contribution < -0.4 is 14.8 Å². The number of methoxy groups -OCH3 is 3. The molecule has 0 fully saturated rings. The minimum absolute atomic E-state index is 0.0568. The molecule has 176 valence electrons. The molecule has 2 rings (SSSR count). The number of nitrogens with one attached hydrogen (secondary N) is 1. The van der Waals surface area contributed by atoms with Crippen molar-refractivity contribution in [1.29, 1.82) is 0 Å². The number of carbonyl (C=O) groups is 2. The van der Waals surface area contributed by atoms with E-state index in [1.165, 1.54) is 4.90 Å². The van der Waals surface area contributed by atoms with Crippen LogP contribution in [-0.2, 0) is 23.1 Å². The molecule has 0 aliphatic carbocycles. The van der Waals surface area contributed by atoms with Crippen LogP contribution in [0.3, 0.4) is 0 Å². The Morgan fingerprint density at radius 3 is 2.25 bits per heavy atom. The van der Waals surface area contributed by atoms with Gasteiger partial charge < -0.3 is 33.9 Å². The second kappa shape index (κ2) is 12.0. The number of carbonyl (C=O) groups excluding carboxylic acids is 2. The first-order valence-electron chi connectivity index (χ1n) is 10.5. The Hall–Kier alpha value is -3.20. The van der Waals surface area contributed by atoms with Crippen molar-refractivity contribution in [2.75, 3.05) is 46.3 Å². The highest BCUT2D eigenvalue weighted by Gasteiger charge is 2.24. The van der Waals surface area contributed by atoms with E-state index in [0.29, 0.717) is 36.9 Å². The van der Waals surface area contributed by atoms with Gasteiger partial charge in [-0.15, -0.1) is 0 Å². The molecule has 1 aromatic carbocycles. The number of hydrogen-bond acceptors (Lipinski definition) is 5. The molecule has 9 heteroatoms. The minimum Gasteiger partial charge on any atom is -0.497 e. The molecule has 1 heterocycles. The first kappa shape index (κ1) is 25.1. The predicted octanol–water partition coefficient (Wildman–Crippen LogP) is 2.96. The molecule has 0 spiro atoms. The van der Waals surface area contributed by atoms with Gasteiger partial charge in [0.15, 0.2) is 0 Å². The van der Waals surface area contributed by atoms with E-state index in [1.54, 1.807) is 44.4 Å². The van der Waals surface area contributed by atoms with Gasteiger partial charge in [-0.05, 0) is 26.0 Å². The SMILES string of the molecule is COCCN(Cc1cccn1C)C(=O)CN(C(=O)Nc1cc(OC)cc(OC)c1)C(C)C. The molecule has 0 saturated carbocycles. The van der Waals surface area contributed by atoms with Crippen LogP contribution >= 0.6 is 0 Å². The molecule has 0 radical (unpaired) electrons. The van der Waals surface area contributed by atoms with Gasteiger partial charge in [-0.1, -0.05) is 0 Å².